The highest BCUT2D eigenvalue weighted by Crippen LogP contribution is 2.34. The van der Waals surface area contributed by atoms with Gasteiger partial charge in [0.1, 0.15) is 5.82 Å². The molecule has 3 rings (SSSR count). The molecule has 1 aliphatic heterocycles. The van der Waals surface area contributed by atoms with E-state index in [1.807, 2.05) is 24.0 Å². The molecule has 0 spiro atoms. The van der Waals surface area contributed by atoms with E-state index in [0.29, 0.717) is 6.04 Å². The molecule has 1 fully saturated rings. The minimum absolute atomic E-state index is 0.381. The first-order chi connectivity index (χ1) is 12.1. The third-order valence-corrected chi connectivity index (χ3v) is 4.71. The number of likely N-dealkylation sites (tertiary alicyclic amines) is 1. The van der Waals surface area contributed by atoms with Gasteiger partial charge in [0, 0.05) is 43.2 Å². The van der Waals surface area contributed by atoms with Gasteiger partial charge in [0.15, 0.2) is 0 Å². The van der Waals surface area contributed by atoms with Crippen LogP contribution in [-0.2, 0) is 19.6 Å². The van der Waals surface area contributed by atoms with Gasteiger partial charge in [0.2, 0.25) is 0 Å². The lowest BCUT2D eigenvalue weighted by molar-refractivity contribution is 0.241. The summed E-state index contributed by atoms with van der Waals surface area (Å²) in [5.74, 6) is 0.861. The molecule has 2 aromatic heterocycles. The molecule has 136 valence electrons. The normalized spacial score (nSPS) is 18.4. The Morgan fingerprint density at radius 3 is 2.88 bits per heavy atom. The Morgan fingerprint density at radius 2 is 2.12 bits per heavy atom. The summed E-state index contributed by atoms with van der Waals surface area (Å²) in [4.78, 5) is 14.0. The van der Waals surface area contributed by atoms with Crippen molar-refractivity contribution in [1.29, 1.82) is 0 Å². The van der Waals surface area contributed by atoms with Crippen LogP contribution >= 0.6 is 0 Å². The maximum absolute atomic E-state index is 4.83. The van der Waals surface area contributed by atoms with Crippen molar-refractivity contribution < 1.29 is 0 Å². The lowest BCUT2D eigenvalue weighted by atomic mass is 10.1. The van der Waals surface area contributed by atoms with Gasteiger partial charge in [0.05, 0.1) is 17.9 Å². The van der Waals surface area contributed by atoms with E-state index >= 15 is 0 Å². The molecule has 0 bridgehead atoms. The van der Waals surface area contributed by atoms with E-state index in [1.165, 1.54) is 29.7 Å². The Bertz CT molecular complexity index is 693. The molecule has 25 heavy (non-hydrogen) atoms. The van der Waals surface area contributed by atoms with Gasteiger partial charge < -0.3 is 4.90 Å². The molecule has 0 aromatic carbocycles. The van der Waals surface area contributed by atoms with E-state index < -0.39 is 0 Å². The fraction of sp³-hybridized carbons (Fsp3) is 0.632. The largest absolute Gasteiger partial charge is 0.305 e. The topological polar surface area (TPSA) is 50.1 Å². The van der Waals surface area contributed by atoms with Gasteiger partial charge in [-0.15, -0.1) is 0 Å². The van der Waals surface area contributed by atoms with Crippen molar-refractivity contribution >= 4 is 0 Å². The average Bonchev–Trinajstić information content (AvgIpc) is 3.19. The molecule has 0 aliphatic carbocycles. The molecule has 2 aromatic rings. The third kappa shape index (κ3) is 4.44. The fourth-order valence-electron chi connectivity index (χ4n) is 3.66. The summed E-state index contributed by atoms with van der Waals surface area (Å²) < 4.78 is 2.05. The first kappa shape index (κ1) is 18.0. The van der Waals surface area contributed by atoms with Gasteiger partial charge in [-0.25, -0.2) is 9.97 Å². The zero-order valence-electron chi connectivity index (χ0n) is 15.9. The molecule has 1 unspecified atom stereocenters. The van der Waals surface area contributed by atoms with E-state index in [0.717, 1.165) is 38.4 Å². The Kier molecular flexibility index (Phi) is 5.81. The molecule has 0 amide bonds. The van der Waals surface area contributed by atoms with Crippen molar-refractivity contribution in [2.75, 3.05) is 20.6 Å². The molecular formula is C19H30N6. The van der Waals surface area contributed by atoms with Crippen LogP contribution in [0.25, 0.3) is 0 Å². The predicted octanol–water partition coefficient (Wildman–Crippen LogP) is 2.79. The van der Waals surface area contributed by atoms with Crippen LogP contribution in [0, 0.1) is 6.92 Å². The number of hydrogen-bond donors (Lipinski definition) is 0. The second kappa shape index (κ2) is 8.06. The van der Waals surface area contributed by atoms with Crippen LogP contribution in [0.1, 0.15) is 54.9 Å². The van der Waals surface area contributed by atoms with E-state index in [4.69, 9.17) is 4.98 Å². The Labute approximate surface area is 150 Å². The highest BCUT2D eigenvalue weighted by Gasteiger charge is 2.29. The van der Waals surface area contributed by atoms with Gasteiger partial charge >= 0.3 is 0 Å². The number of nitrogens with zero attached hydrogens (tertiary/aromatic N) is 6. The van der Waals surface area contributed by atoms with Crippen LogP contribution in [0.4, 0.5) is 0 Å². The lowest BCUT2D eigenvalue weighted by Gasteiger charge is -2.26. The second-order valence-electron chi connectivity index (χ2n) is 7.31. The van der Waals surface area contributed by atoms with Gasteiger partial charge in [0.25, 0.3) is 0 Å². The molecule has 1 atom stereocenters. The van der Waals surface area contributed by atoms with Crippen molar-refractivity contribution in [2.45, 2.75) is 58.8 Å². The maximum atomic E-state index is 4.83. The molecule has 6 nitrogen and oxygen atoms in total. The maximum Gasteiger partial charge on any atom is 0.125 e. The Morgan fingerprint density at radius 1 is 1.28 bits per heavy atom. The molecule has 0 radical (unpaired) electrons. The number of hydrogen-bond acceptors (Lipinski definition) is 5. The zero-order chi connectivity index (χ0) is 17.8. The first-order valence-electron chi connectivity index (χ1n) is 9.29. The first-order valence-corrected chi connectivity index (χ1v) is 9.29. The van der Waals surface area contributed by atoms with E-state index in [9.17, 15) is 0 Å². The molecule has 0 N–H and O–H groups in total. The third-order valence-electron chi connectivity index (χ3n) is 4.71. The fourth-order valence-corrected chi connectivity index (χ4v) is 3.66. The number of aromatic nitrogens is 4. The summed E-state index contributed by atoms with van der Waals surface area (Å²) in [5.41, 5.74) is 3.74. The van der Waals surface area contributed by atoms with Gasteiger partial charge in [-0.05, 0) is 46.8 Å². The van der Waals surface area contributed by atoms with Crippen LogP contribution in [0.15, 0.2) is 18.6 Å². The molecule has 1 aliphatic rings. The van der Waals surface area contributed by atoms with E-state index in [1.54, 1.807) is 0 Å². The SMILES string of the molecule is CCCn1cc(CN2CCCC2c2nc(C)ncc2CN(C)C)cn1. The Hall–Kier alpha value is -1.79. The summed E-state index contributed by atoms with van der Waals surface area (Å²) in [6.45, 7) is 8.10. The van der Waals surface area contributed by atoms with Gasteiger partial charge in [-0.1, -0.05) is 6.92 Å². The molecule has 3 heterocycles. The summed E-state index contributed by atoms with van der Waals surface area (Å²) in [5, 5.41) is 4.47. The predicted molar refractivity (Wildman–Crippen MR) is 99.1 cm³/mol. The monoisotopic (exact) mass is 342 g/mol. The summed E-state index contributed by atoms with van der Waals surface area (Å²) in [6, 6.07) is 0.381. The minimum atomic E-state index is 0.381. The van der Waals surface area contributed by atoms with Crippen molar-refractivity contribution in [3.05, 3.63) is 41.2 Å². The van der Waals surface area contributed by atoms with Crippen molar-refractivity contribution in [3.8, 4) is 0 Å². The number of aryl methyl sites for hydroxylation is 2. The smallest absolute Gasteiger partial charge is 0.125 e. The second-order valence-corrected chi connectivity index (χ2v) is 7.31. The van der Waals surface area contributed by atoms with Crippen molar-refractivity contribution in [2.24, 2.45) is 0 Å². The molecular weight excluding hydrogens is 312 g/mol. The molecule has 6 heteroatoms. The van der Waals surface area contributed by atoms with Gasteiger partial charge in [-0.2, -0.15) is 5.10 Å². The minimum Gasteiger partial charge on any atom is -0.305 e. The highest BCUT2D eigenvalue weighted by atomic mass is 15.3. The summed E-state index contributed by atoms with van der Waals surface area (Å²) in [7, 11) is 4.19. The van der Waals surface area contributed by atoms with E-state index in [2.05, 4.69) is 47.1 Å². The van der Waals surface area contributed by atoms with Crippen LogP contribution in [0.5, 0.6) is 0 Å². The quantitative estimate of drug-likeness (QED) is 0.774. The average molecular weight is 342 g/mol. The number of rotatable bonds is 7. The van der Waals surface area contributed by atoms with Crippen LogP contribution < -0.4 is 0 Å². The van der Waals surface area contributed by atoms with Crippen LogP contribution in [0.2, 0.25) is 0 Å². The summed E-state index contributed by atoms with van der Waals surface area (Å²) >= 11 is 0. The standard InChI is InChI=1S/C19H30N6/c1-5-8-25-13-16(10-21-25)12-24-9-6-7-18(24)19-17(14-23(3)4)11-20-15(2)22-19/h10-11,13,18H,5-9,12,14H2,1-4H3. The zero-order valence-corrected chi connectivity index (χ0v) is 15.9. The van der Waals surface area contributed by atoms with Crippen molar-refractivity contribution in [1.82, 2.24) is 29.5 Å². The van der Waals surface area contributed by atoms with Crippen LogP contribution in [0.3, 0.4) is 0 Å². The summed E-state index contributed by atoms with van der Waals surface area (Å²) in [6.07, 6.45) is 9.70. The molecule has 0 saturated carbocycles. The van der Waals surface area contributed by atoms with Crippen molar-refractivity contribution in [3.63, 3.8) is 0 Å². The van der Waals surface area contributed by atoms with Gasteiger partial charge in [-0.3, -0.25) is 9.58 Å². The lowest BCUT2D eigenvalue weighted by Crippen LogP contribution is -2.26. The highest BCUT2D eigenvalue weighted by molar-refractivity contribution is 5.22. The molecule has 1 saturated heterocycles. The van der Waals surface area contributed by atoms with E-state index in [-0.39, 0.29) is 0 Å². The Balaban J connectivity index is 1.80. The van der Waals surface area contributed by atoms with Crippen LogP contribution in [-0.4, -0.2) is 50.2 Å².